The Balaban J connectivity index is 1.59. The van der Waals surface area contributed by atoms with Gasteiger partial charge in [-0.2, -0.15) is 0 Å². The van der Waals surface area contributed by atoms with E-state index in [4.69, 9.17) is 18.9 Å². The molecule has 1 heterocycles. The van der Waals surface area contributed by atoms with Crippen LogP contribution < -0.4 is 0 Å². The zero-order valence-electron chi connectivity index (χ0n) is 22.6. The van der Waals surface area contributed by atoms with Crippen LogP contribution in [0, 0.1) is 20.8 Å². The van der Waals surface area contributed by atoms with Crippen LogP contribution >= 0.6 is 11.8 Å². The van der Waals surface area contributed by atoms with Crippen LogP contribution in [0.3, 0.4) is 0 Å². The molecular weight excluding hydrogens is 532 g/mol. The van der Waals surface area contributed by atoms with Crippen molar-refractivity contribution in [2.45, 2.75) is 50.6 Å². The molecule has 0 aromatic heterocycles. The summed E-state index contributed by atoms with van der Waals surface area (Å²) in [5.74, 6) is -2.49. The van der Waals surface area contributed by atoms with Crippen molar-refractivity contribution in [2.75, 3.05) is 6.61 Å². The number of benzene rings is 3. The normalized spacial score (nSPS) is 19.9. The molecule has 1 unspecified atom stereocenters. The van der Waals surface area contributed by atoms with E-state index in [2.05, 4.69) is 0 Å². The van der Waals surface area contributed by atoms with Gasteiger partial charge in [-0.15, -0.1) is 11.8 Å². The lowest BCUT2D eigenvalue weighted by Crippen LogP contribution is -2.42. The topological polar surface area (TPSA) is 105 Å². The Morgan fingerprint density at radius 1 is 0.600 bits per heavy atom. The first-order valence-corrected chi connectivity index (χ1v) is 13.7. The third-order valence-electron chi connectivity index (χ3n) is 6.28. The molecule has 1 saturated heterocycles. The maximum absolute atomic E-state index is 13.1. The van der Waals surface area contributed by atoms with Crippen molar-refractivity contribution in [3.8, 4) is 0 Å². The van der Waals surface area contributed by atoms with Gasteiger partial charge in [0.2, 0.25) is 0 Å². The van der Waals surface area contributed by atoms with Crippen LogP contribution in [0.4, 0.5) is 0 Å². The van der Waals surface area contributed by atoms with E-state index < -0.39 is 46.8 Å². The van der Waals surface area contributed by atoms with E-state index in [9.17, 15) is 19.2 Å². The zero-order chi connectivity index (χ0) is 28.8. The van der Waals surface area contributed by atoms with Gasteiger partial charge >= 0.3 is 23.9 Å². The van der Waals surface area contributed by atoms with Gasteiger partial charge < -0.3 is 18.9 Å². The number of esters is 4. The van der Waals surface area contributed by atoms with Gasteiger partial charge in [0.1, 0.15) is 6.61 Å². The zero-order valence-corrected chi connectivity index (χ0v) is 23.4. The monoisotopic (exact) mass is 562 g/mol. The summed E-state index contributed by atoms with van der Waals surface area (Å²) in [6.45, 7) is 6.75. The van der Waals surface area contributed by atoms with Crippen molar-refractivity contribution >= 4 is 35.6 Å². The highest BCUT2D eigenvalue weighted by Gasteiger charge is 2.51. The van der Waals surface area contributed by atoms with E-state index in [1.807, 2.05) is 20.8 Å². The molecule has 8 nitrogen and oxygen atoms in total. The average Bonchev–Trinajstić information content (AvgIpc) is 3.22. The fourth-order valence-corrected chi connectivity index (χ4v) is 5.46. The molecule has 3 aromatic carbocycles. The smallest absolute Gasteiger partial charge is 0.338 e. The molecule has 0 radical (unpaired) electrons. The highest BCUT2D eigenvalue weighted by Crippen LogP contribution is 2.40. The summed E-state index contributed by atoms with van der Waals surface area (Å²) >= 11 is 1.10. The van der Waals surface area contributed by atoms with Crippen LogP contribution in [0.15, 0.2) is 72.8 Å². The first-order valence-electron chi connectivity index (χ1n) is 12.7. The molecule has 1 aliphatic heterocycles. The average molecular weight is 563 g/mol. The minimum atomic E-state index is -1.15. The molecule has 9 heteroatoms. The van der Waals surface area contributed by atoms with E-state index in [0.29, 0.717) is 11.1 Å². The molecule has 0 N–H and O–H groups in total. The van der Waals surface area contributed by atoms with E-state index in [1.54, 1.807) is 72.8 Å². The Labute approximate surface area is 237 Å². The van der Waals surface area contributed by atoms with E-state index in [-0.39, 0.29) is 12.2 Å². The van der Waals surface area contributed by atoms with Crippen LogP contribution in [0.5, 0.6) is 0 Å². The number of carbonyl (C=O) groups is 4. The van der Waals surface area contributed by atoms with Gasteiger partial charge in [-0.1, -0.05) is 53.1 Å². The van der Waals surface area contributed by atoms with Crippen molar-refractivity contribution in [1.82, 2.24) is 0 Å². The SMILES string of the molecule is CC(=O)OC1S[C@H](COC(=O)c2ccc(C)cc2)[C@@H](OC(=O)c2ccc(C)cc2)[C@@H]1OC(=O)c1ccc(C)cc1. The molecule has 0 saturated carbocycles. The standard InChI is InChI=1S/C31H30O8S/c1-18-5-11-22(12-6-18)28(33)36-17-25-26(38-29(34)23-13-7-19(2)8-14-23)27(31(40-25)37-21(4)32)39-30(35)24-15-9-20(3)10-16-24/h5-16,25-27,31H,17H2,1-4H3/t25-,26-,27+,31?/m1/s1. The molecule has 4 rings (SSSR count). The molecule has 0 amide bonds. The second kappa shape index (κ2) is 12.8. The fraction of sp³-hybridized carbons (Fsp3) is 0.290. The third kappa shape index (κ3) is 7.30. The van der Waals surface area contributed by atoms with Crippen molar-refractivity contribution < 1.29 is 38.1 Å². The fourth-order valence-electron chi connectivity index (χ4n) is 4.05. The molecule has 3 aromatic rings. The number of rotatable bonds is 8. The van der Waals surface area contributed by atoms with E-state index in [0.717, 1.165) is 28.5 Å². The molecule has 1 fully saturated rings. The Morgan fingerprint density at radius 3 is 1.43 bits per heavy atom. The lowest BCUT2D eigenvalue weighted by atomic mass is 10.1. The molecular formula is C31H30O8S. The third-order valence-corrected chi connectivity index (χ3v) is 7.66. The van der Waals surface area contributed by atoms with Gasteiger partial charge in [-0.3, -0.25) is 4.79 Å². The predicted octanol–water partition coefficient (Wildman–Crippen LogP) is 5.22. The summed E-state index contributed by atoms with van der Waals surface area (Å²) < 4.78 is 22.7. The Hall–Kier alpha value is -4.11. The molecule has 0 aliphatic carbocycles. The number of carbonyl (C=O) groups excluding carboxylic acids is 4. The lowest BCUT2D eigenvalue weighted by molar-refractivity contribution is -0.148. The van der Waals surface area contributed by atoms with E-state index in [1.165, 1.54) is 6.92 Å². The van der Waals surface area contributed by atoms with Gasteiger partial charge in [0.05, 0.1) is 21.9 Å². The molecule has 1 aliphatic rings. The lowest BCUT2D eigenvalue weighted by Gasteiger charge is -2.25. The summed E-state index contributed by atoms with van der Waals surface area (Å²) in [4.78, 5) is 50.9. The molecule has 4 atom stereocenters. The Kier molecular flexibility index (Phi) is 9.26. The number of ether oxygens (including phenoxy) is 4. The number of aryl methyl sites for hydroxylation is 3. The van der Waals surface area contributed by atoms with Crippen molar-refractivity contribution in [1.29, 1.82) is 0 Å². The molecule has 40 heavy (non-hydrogen) atoms. The van der Waals surface area contributed by atoms with Crippen molar-refractivity contribution in [2.24, 2.45) is 0 Å². The first-order chi connectivity index (χ1) is 19.1. The van der Waals surface area contributed by atoms with Gasteiger partial charge in [0.15, 0.2) is 17.6 Å². The molecule has 0 spiro atoms. The van der Waals surface area contributed by atoms with Crippen LogP contribution in [0.1, 0.15) is 54.7 Å². The first kappa shape index (κ1) is 28.9. The highest BCUT2D eigenvalue weighted by atomic mass is 32.2. The number of hydrogen-bond donors (Lipinski definition) is 0. The van der Waals surface area contributed by atoms with Gasteiger partial charge in [0.25, 0.3) is 0 Å². The van der Waals surface area contributed by atoms with Gasteiger partial charge in [-0.25, -0.2) is 14.4 Å². The highest BCUT2D eigenvalue weighted by molar-refractivity contribution is 8.00. The second-order valence-corrected chi connectivity index (χ2v) is 10.9. The number of thioether (sulfide) groups is 1. The molecule has 0 bridgehead atoms. The molecule has 208 valence electrons. The van der Waals surface area contributed by atoms with Crippen molar-refractivity contribution in [3.05, 3.63) is 106 Å². The Bertz CT molecular complexity index is 1370. The maximum atomic E-state index is 13.1. The summed E-state index contributed by atoms with van der Waals surface area (Å²) in [5, 5.41) is -0.691. The second-order valence-electron chi connectivity index (χ2n) is 9.59. The van der Waals surface area contributed by atoms with Crippen molar-refractivity contribution in [3.63, 3.8) is 0 Å². The van der Waals surface area contributed by atoms with Gasteiger partial charge in [0, 0.05) is 6.92 Å². The quantitative estimate of drug-likeness (QED) is 0.270. The van der Waals surface area contributed by atoms with Crippen LogP contribution in [0.25, 0.3) is 0 Å². The van der Waals surface area contributed by atoms with Crippen LogP contribution in [0.2, 0.25) is 0 Å². The van der Waals surface area contributed by atoms with Crippen LogP contribution in [-0.4, -0.2) is 53.4 Å². The van der Waals surface area contributed by atoms with E-state index >= 15 is 0 Å². The summed E-state index contributed by atoms with van der Waals surface area (Å²) in [6.07, 6.45) is -2.23. The predicted molar refractivity (Wildman–Crippen MR) is 149 cm³/mol. The van der Waals surface area contributed by atoms with Gasteiger partial charge in [-0.05, 0) is 57.2 Å². The Morgan fingerprint density at radius 2 is 1.00 bits per heavy atom. The summed E-state index contributed by atoms with van der Waals surface area (Å²) in [7, 11) is 0. The minimum Gasteiger partial charge on any atom is -0.461 e. The minimum absolute atomic E-state index is 0.181. The largest absolute Gasteiger partial charge is 0.461 e. The summed E-state index contributed by atoms with van der Waals surface area (Å²) in [5.41, 5.74) is 2.88. The van der Waals surface area contributed by atoms with Crippen LogP contribution in [-0.2, 0) is 23.7 Å². The number of hydrogen-bond acceptors (Lipinski definition) is 9. The maximum Gasteiger partial charge on any atom is 0.338 e. The summed E-state index contributed by atoms with van der Waals surface area (Å²) in [6, 6.07) is 20.5.